The number of hydrogen-bond donors (Lipinski definition) is 1. The van der Waals surface area contributed by atoms with Crippen molar-refractivity contribution < 1.29 is 0 Å². The lowest BCUT2D eigenvalue weighted by atomic mass is 10.1. The number of nitrogens with zero attached hydrogens (tertiary/aromatic N) is 1. The normalized spacial score (nSPS) is 23.7. The maximum absolute atomic E-state index is 3.55. The molecule has 2 aliphatic rings. The third-order valence-corrected chi connectivity index (χ3v) is 4.28. The molecule has 0 saturated carbocycles. The van der Waals surface area contributed by atoms with Crippen molar-refractivity contribution in [3.63, 3.8) is 0 Å². The van der Waals surface area contributed by atoms with Crippen molar-refractivity contribution in [2.75, 3.05) is 18.4 Å². The number of hydrogen-bond acceptors (Lipinski definition) is 2. The fourth-order valence-corrected chi connectivity index (χ4v) is 3.33. The summed E-state index contributed by atoms with van der Waals surface area (Å²) in [5.74, 6) is 0. The second kappa shape index (κ2) is 4.69. The molecule has 0 aromatic heterocycles. The Labute approximate surface area is 104 Å². The van der Waals surface area contributed by atoms with Crippen molar-refractivity contribution in [2.45, 2.75) is 45.2 Å². The summed E-state index contributed by atoms with van der Waals surface area (Å²) in [7, 11) is 0. The summed E-state index contributed by atoms with van der Waals surface area (Å²) in [5, 5.41) is 3.55. The van der Waals surface area contributed by atoms with Crippen LogP contribution in [-0.2, 0) is 13.0 Å². The van der Waals surface area contributed by atoms with E-state index in [2.05, 4.69) is 35.3 Å². The molecule has 0 bridgehead atoms. The molecular formula is C15H22N2. The molecule has 1 aromatic rings. The number of nitrogens with one attached hydrogen (secondary N) is 1. The second-order valence-corrected chi connectivity index (χ2v) is 5.30. The molecule has 0 amide bonds. The first-order valence-electron chi connectivity index (χ1n) is 6.97. The molecule has 2 nitrogen and oxygen atoms in total. The van der Waals surface area contributed by atoms with Gasteiger partial charge in [-0.1, -0.05) is 25.1 Å². The van der Waals surface area contributed by atoms with E-state index in [4.69, 9.17) is 0 Å². The first-order chi connectivity index (χ1) is 8.38. The summed E-state index contributed by atoms with van der Waals surface area (Å²) in [6.45, 7) is 5.84. The molecular weight excluding hydrogens is 208 g/mol. The minimum Gasteiger partial charge on any atom is -0.384 e. The highest BCUT2D eigenvalue weighted by atomic mass is 15.2. The fourth-order valence-electron chi connectivity index (χ4n) is 3.33. The number of anilines is 1. The van der Waals surface area contributed by atoms with Crippen molar-refractivity contribution in [1.82, 2.24) is 4.90 Å². The highest BCUT2D eigenvalue weighted by Crippen LogP contribution is 2.30. The molecule has 0 spiro atoms. The Morgan fingerprint density at radius 1 is 1.41 bits per heavy atom. The topological polar surface area (TPSA) is 15.3 Å². The van der Waals surface area contributed by atoms with Gasteiger partial charge in [-0.3, -0.25) is 4.90 Å². The van der Waals surface area contributed by atoms with Crippen LogP contribution in [0.5, 0.6) is 0 Å². The highest BCUT2D eigenvalue weighted by molar-refractivity contribution is 5.61. The molecule has 1 aromatic carbocycles. The van der Waals surface area contributed by atoms with Crippen LogP contribution in [0.2, 0.25) is 0 Å². The predicted molar refractivity (Wildman–Crippen MR) is 72.4 cm³/mol. The average molecular weight is 230 g/mol. The van der Waals surface area contributed by atoms with E-state index in [0.717, 1.165) is 19.1 Å². The molecule has 1 unspecified atom stereocenters. The largest absolute Gasteiger partial charge is 0.384 e. The summed E-state index contributed by atoms with van der Waals surface area (Å²) in [5.41, 5.74) is 4.43. The van der Waals surface area contributed by atoms with E-state index in [1.54, 1.807) is 0 Å². The van der Waals surface area contributed by atoms with Gasteiger partial charge in [-0.05, 0) is 43.4 Å². The average Bonchev–Trinajstić information content (AvgIpc) is 2.97. The van der Waals surface area contributed by atoms with E-state index < -0.39 is 0 Å². The lowest BCUT2D eigenvalue weighted by Crippen LogP contribution is -2.28. The molecule has 2 heteroatoms. The predicted octanol–water partition coefficient (Wildman–Crippen LogP) is 3.03. The summed E-state index contributed by atoms with van der Waals surface area (Å²) in [4.78, 5) is 2.66. The second-order valence-electron chi connectivity index (χ2n) is 5.30. The van der Waals surface area contributed by atoms with Crippen molar-refractivity contribution in [2.24, 2.45) is 0 Å². The van der Waals surface area contributed by atoms with Crippen molar-refractivity contribution in [1.29, 1.82) is 0 Å². The van der Waals surface area contributed by atoms with E-state index in [-0.39, 0.29) is 0 Å². The molecule has 0 radical (unpaired) electrons. The molecule has 1 fully saturated rings. The number of fused-ring (bicyclic) bond motifs is 1. The molecule has 3 rings (SSSR count). The van der Waals surface area contributed by atoms with Crippen LogP contribution in [0.15, 0.2) is 18.2 Å². The van der Waals surface area contributed by atoms with Gasteiger partial charge in [-0.2, -0.15) is 0 Å². The third kappa shape index (κ3) is 2.06. The van der Waals surface area contributed by atoms with E-state index in [1.807, 2.05) is 0 Å². The van der Waals surface area contributed by atoms with Crippen LogP contribution in [0.3, 0.4) is 0 Å². The Balaban J connectivity index is 1.79. The minimum absolute atomic E-state index is 0.812. The molecule has 2 heterocycles. The molecule has 17 heavy (non-hydrogen) atoms. The summed E-state index contributed by atoms with van der Waals surface area (Å²) < 4.78 is 0. The summed E-state index contributed by atoms with van der Waals surface area (Å²) in [6.07, 6.45) is 5.25. The Morgan fingerprint density at radius 2 is 2.35 bits per heavy atom. The van der Waals surface area contributed by atoms with Crippen LogP contribution >= 0.6 is 0 Å². The molecule has 1 N–H and O–H groups in total. The lowest BCUT2D eigenvalue weighted by Gasteiger charge is -2.24. The number of rotatable bonds is 3. The first kappa shape index (κ1) is 11.1. The van der Waals surface area contributed by atoms with E-state index in [0.29, 0.717) is 0 Å². The Hall–Kier alpha value is -1.02. The maximum atomic E-state index is 3.55. The number of para-hydroxylation sites is 1. The van der Waals surface area contributed by atoms with Crippen LogP contribution in [0.4, 0.5) is 5.69 Å². The van der Waals surface area contributed by atoms with Crippen molar-refractivity contribution in [3.8, 4) is 0 Å². The van der Waals surface area contributed by atoms with Gasteiger partial charge in [0, 0.05) is 24.8 Å². The summed E-state index contributed by atoms with van der Waals surface area (Å²) >= 11 is 0. The molecule has 0 aliphatic carbocycles. The minimum atomic E-state index is 0.812. The van der Waals surface area contributed by atoms with Gasteiger partial charge in [-0.15, -0.1) is 0 Å². The lowest BCUT2D eigenvalue weighted by molar-refractivity contribution is 0.240. The van der Waals surface area contributed by atoms with Gasteiger partial charge in [0.1, 0.15) is 0 Å². The Bertz CT molecular complexity index is 400. The van der Waals surface area contributed by atoms with Crippen molar-refractivity contribution in [3.05, 3.63) is 29.3 Å². The first-order valence-corrected chi connectivity index (χ1v) is 6.97. The van der Waals surface area contributed by atoms with Gasteiger partial charge >= 0.3 is 0 Å². The third-order valence-electron chi connectivity index (χ3n) is 4.28. The highest BCUT2D eigenvalue weighted by Gasteiger charge is 2.24. The van der Waals surface area contributed by atoms with Gasteiger partial charge in [0.25, 0.3) is 0 Å². The van der Waals surface area contributed by atoms with Gasteiger partial charge in [0.15, 0.2) is 0 Å². The Kier molecular flexibility index (Phi) is 3.06. The zero-order valence-corrected chi connectivity index (χ0v) is 10.7. The van der Waals surface area contributed by atoms with Gasteiger partial charge < -0.3 is 5.32 Å². The van der Waals surface area contributed by atoms with Crippen molar-refractivity contribution >= 4 is 5.69 Å². The van der Waals surface area contributed by atoms with Gasteiger partial charge in [0.05, 0.1) is 0 Å². The van der Waals surface area contributed by atoms with Crippen LogP contribution in [0.1, 0.15) is 37.3 Å². The molecule has 1 saturated heterocycles. The van der Waals surface area contributed by atoms with Crippen LogP contribution in [0.25, 0.3) is 0 Å². The Morgan fingerprint density at radius 3 is 3.24 bits per heavy atom. The monoisotopic (exact) mass is 230 g/mol. The molecule has 1 atom stereocenters. The quantitative estimate of drug-likeness (QED) is 0.858. The van der Waals surface area contributed by atoms with Crippen LogP contribution in [0, 0.1) is 0 Å². The zero-order chi connectivity index (χ0) is 11.7. The molecule has 92 valence electrons. The number of benzene rings is 1. The maximum Gasteiger partial charge on any atom is 0.0419 e. The number of likely N-dealkylation sites (tertiary alicyclic amines) is 1. The van der Waals surface area contributed by atoms with Crippen LogP contribution < -0.4 is 5.32 Å². The smallest absolute Gasteiger partial charge is 0.0419 e. The van der Waals surface area contributed by atoms with E-state index in [1.165, 1.54) is 49.0 Å². The van der Waals surface area contributed by atoms with Gasteiger partial charge in [-0.25, -0.2) is 0 Å². The summed E-state index contributed by atoms with van der Waals surface area (Å²) in [6, 6.07) is 7.59. The fraction of sp³-hybridized carbons (Fsp3) is 0.600. The zero-order valence-electron chi connectivity index (χ0n) is 10.7. The standard InChI is InChI=1S/C15H22N2/c1-2-14-7-4-10-17(14)11-13-6-3-5-12-8-9-16-15(12)13/h3,5-6,14,16H,2,4,7-11H2,1H3. The van der Waals surface area contributed by atoms with Gasteiger partial charge in [0.2, 0.25) is 0 Å². The van der Waals surface area contributed by atoms with E-state index >= 15 is 0 Å². The molecule has 2 aliphatic heterocycles. The van der Waals surface area contributed by atoms with E-state index in [9.17, 15) is 0 Å². The SMILES string of the molecule is CCC1CCCN1Cc1cccc2c1NCC2. The van der Waals surface area contributed by atoms with Crippen LogP contribution in [-0.4, -0.2) is 24.0 Å².